The van der Waals surface area contributed by atoms with Crippen molar-refractivity contribution in [2.24, 2.45) is 0 Å². The van der Waals surface area contributed by atoms with Crippen molar-refractivity contribution in [2.45, 2.75) is 13.3 Å². The van der Waals surface area contributed by atoms with Crippen molar-refractivity contribution in [1.82, 2.24) is 4.90 Å². The zero-order valence-corrected chi connectivity index (χ0v) is 12.9. The number of carbonyl (C=O) groups excluding carboxylic acids is 2. The molecule has 1 fully saturated rings. The third kappa shape index (κ3) is 3.76. The van der Waals surface area contributed by atoms with E-state index >= 15 is 0 Å². The molecule has 1 aromatic carbocycles. The van der Waals surface area contributed by atoms with E-state index in [9.17, 15) is 9.59 Å². The summed E-state index contributed by atoms with van der Waals surface area (Å²) in [6, 6.07) is 7.58. The number of rotatable bonds is 5. The molecule has 2 amide bonds. The molecule has 0 aliphatic carbocycles. The van der Waals surface area contributed by atoms with Gasteiger partial charge in [-0.25, -0.2) is 0 Å². The molecule has 5 heteroatoms. The molecule has 1 aromatic rings. The molecule has 0 spiro atoms. The van der Waals surface area contributed by atoms with Crippen molar-refractivity contribution in [3.8, 4) is 5.75 Å². The molecule has 2 rings (SSSR count). The second kappa shape index (κ2) is 7.13. The number of benzene rings is 1. The van der Waals surface area contributed by atoms with E-state index in [1.807, 2.05) is 37.3 Å². The minimum Gasteiger partial charge on any atom is -0.497 e. The first-order chi connectivity index (χ1) is 10.2. The van der Waals surface area contributed by atoms with Gasteiger partial charge in [-0.1, -0.05) is 31.2 Å². The minimum absolute atomic E-state index is 0.189. The van der Waals surface area contributed by atoms with Crippen molar-refractivity contribution in [3.05, 3.63) is 46.9 Å². The number of methoxy groups -OCH3 is 1. The van der Waals surface area contributed by atoms with Crippen molar-refractivity contribution in [3.63, 3.8) is 0 Å². The Balaban J connectivity index is 2.05. The highest BCUT2D eigenvalue weighted by Gasteiger charge is 2.33. The lowest BCUT2D eigenvalue weighted by Gasteiger charge is -2.09. The topological polar surface area (TPSA) is 46.6 Å². The van der Waals surface area contributed by atoms with Crippen LogP contribution in [-0.2, 0) is 4.79 Å². The molecule has 1 heterocycles. The molecule has 0 unspecified atom stereocenters. The summed E-state index contributed by atoms with van der Waals surface area (Å²) in [5.41, 5.74) is 1.000. The second-order valence-corrected chi connectivity index (χ2v) is 5.48. The standard InChI is InChI=1S/C16H17NO3S/c1-3-11-17-15(18)14(21-16(17)19)6-4-5-12-7-9-13(20-2)10-8-12/h4-10H,3,11H2,1-2H3/b5-4+,14-6+. The van der Waals surface area contributed by atoms with E-state index in [0.29, 0.717) is 11.4 Å². The van der Waals surface area contributed by atoms with E-state index in [4.69, 9.17) is 4.74 Å². The lowest BCUT2D eigenvalue weighted by Crippen LogP contribution is -2.28. The van der Waals surface area contributed by atoms with Crippen LogP contribution in [0.5, 0.6) is 5.75 Å². The molecular weight excluding hydrogens is 286 g/mol. The van der Waals surface area contributed by atoms with Crippen LogP contribution in [0.1, 0.15) is 18.9 Å². The number of nitrogens with zero attached hydrogens (tertiary/aromatic N) is 1. The van der Waals surface area contributed by atoms with Crippen LogP contribution in [0, 0.1) is 0 Å². The average molecular weight is 303 g/mol. The van der Waals surface area contributed by atoms with Crippen LogP contribution in [-0.4, -0.2) is 29.7 Å². The first-order valence-electron chi connectivity index (χ1n) is 6.71. The quantitative estimate of drug-likeness (QED) is 0.778. The van der Waals surface area contributed by atoms with Crippen LogP contribution >= 0.6 is 11.8 Å². The zero-order valence-electron chi connectivity index (χ0n) is 12.0. The largest absolute Gasteiger partial charge is 0.497 e. The van der Waals surface area contributed by atoms with Gasteiger partial charge in [-0.3, -0.25) is 14.5 Å². The molecule has 1 saturated heterocycles. The maximum atomic E-state index is 12.0. The van der Waals surface area contributed by atoms with E-state index in [2.05, 4.69) is 0 Å². The van der Waals surface area contributed by atoms with Gasteiger partial charge in [-0.05, 0) is 42.0 Å². The van der Waals surface area contributed by atoms with E-state index < -0.39 is 0 Å². The maximum Gasteiger partial charge on any atom is 0.293 e. The van der Waals surface area contributed by atoms with Crippen LogP contribution in [0.4, 0.5) is 4.79 Å². The van der Waals surface area contributed by atoms with Crippen LogP contribution in [0.2, 0.25) is 0 Å². The summed E-state index contributed by atoms with van der Waals surface area (Å²) in [6.45, 7) is 2.42. The fourth-order valence-electron chi connectivity index (χ4n) is 1.89. The summed E-state index contributed by atoms with van der Waals surface area (Å²) in [5, 5.41) is -0.189. The Morgan fingerprint density at radius 1 is 1.24 bits per heavy atom. The summed E-state index contributed by atoms with van der Waals surface area (Å²) < 4.78 is 5.09. The number of allylic oxidation sites excluding steroid dienone is 2. The van der Waals surface area contributed by atoms with Gasteiger partial charge in [0.2, 0.25) is 0 Å². The third-order valence-electron chi connectivity index (χ3n) is 2.97. The minimum atomic E-state index is -0.203. The summed E-state index contributed by atoms with van der Waals surface area (Å²) in [4.78, 5) is 25.4. The SMILES string of the molecule is CCCN1C(=O)S/C(=C/C=C/c2ccc(OC)cc2)C1=O. The van der Waals surface area contributed by atoms with Gasteiger partial charge in [0.1, 0.15) is 5.75 Å². The molecule has 0 bridgehead atoms. The Morgan fingerprint density at radius 2 is 1.95 bits per heavy atom. The number of ether oxygens (including phenoxy) is 1. The Kier molecular flexibility index (Phi) is 5.22. The van der Waals surface area contributed by atoms with Crippen molar-refractivity contribution >= 4 is 29.0 Å². The van der Waals surface area contributed by atoms with E-state index in [1.54, 1.807) is 19.3 Å². The molecule has 110 valence electrons. The summed E-state index contributed by atoms with van der Waals surface area (Å²) in [6.07, 6.45) is 6.12. The highest BCUT2D eigenvalue weighted by Crippen LogP contribution is 2.30. The fraction of sp³-hybridized carbons (Fsp3) is 0.250. The monoisotopic (exact) mass is 303 g/mol. The van der Waals surface area contributed by atoms with Gasteiger partial charge in [0.15, 0.2) is 0 Å². The van der Waals surface area contributed by atoms with E-state index in [0.717, 1.165) is 29.5 Å². The molecule has 0 N–H and O–H groups in total. The molecule has 0 aromatic heterocycles. The highest BCUT2D eigenvalue weighted by molar-refractivity contribution is 8.18. The van der Waals surface area contributed by atoms with E-state index in [1.165, 1.54) is 4.90 Å². The lowest BCUT2D eigenvalue weighted by atomic mass is 10.2. The van der Waals surface area contributed by atoms with Crippen molar-refractivity contribution < 1.29 is 14.3 Å². The number of carbonyl (C=O) groups is 2. The number of imide groups is 1. The maximum absolute atomic E-state index is 12.0. The molecule has 1 aliphatic heterocycles. The Labute approximate surface area is 128 Å². The summed E-state index contributed by atoms with van der Waals surface area (Å²) in [5.74, 6) is 0.596. The fourth-order valence-corrected chi connectivity index (χ4v) is 2.71. The first-order valence-corrected chi connectivity index (χ1v) is 7.53. The van der Waals surface area contributed by atoms with Crippen LogP contribution in [0.15, 0.2) is 41.3 Å². The molecule has 0 saturated carbocycles. The summed E-state index contributed by atoms with van der Waals surface area (Å²) in [7, 11) is 1.62. The van der Waals surface area contributed by atoms with Gasteiger partial charge < -0.3 is 4.74 Å². The van der Waals surface area contributed by atoms with Gasteiger partial charge in [0.05, 0.1) is 12.0 Å². The Hall–Kier alpha value is -2.01. The predicted octanol–water partition coefficient (Wildman–Crippen LogP) is 3.70. The number of hydrogen-bond donors (Lipinski definition) is 0. The normalized spacial score (nSPS) is 17.2. The molecular formula is C16H17NO3S. The Bertz CT molecular complexity index is 590. The number of hydrogen-bond acceptors (Lipinski definition) is 4. The smallest absolute Gasteiger partial charge is 0.293 e. The van der Waals surface area contributed by atoms with Crippen LogP contribution < -0.4 is 4.74 Å². The second-order valence-electron chi connectivity index (χ2n) is 4.49. The molecule has 0 atom stereocenters. The molecule has 1 aliphatic rings. The first kappa shape index (κ1) is 15.4. The molecule has 0 radical (unpaired) electrons. The van der Waals surface area contributed by atoms with Gasteiger partial charge in [-0.15, -0.1) is 0 Å². The average Bonchev–Trinajstić information content (AvgIpc) is 2.76. The molecule has 4 nitrogen and oxygen atoms in total. The van der Waals surface area contributed by atoms with E-state index in [-0.39, 0.29) is 11.1 Å². The number of amides is 2. The van der Waals surface area contributed by atoms with Crippen LogP contribution in [0.3, 0.4) is 0 Å². The van der Waals surface area contributed by atoms with Gasteiger partial charge >= 0.3 is 0 Å². The van der Waals surface area contributed by atoms with Crippen LogP contribution in [0.25, 0.3) is 6.08 Å². The number of thioether (sulfide) groups is 1. The Morgan fingerprint density at radius 3 is 2.57 bits per heavy atom. The van der Waals surface area contributed by atoms with Crippen molar-refractivity contribution in [2.75, 3.05) is 13.7 Å². The third-order valence-corrected chi connectivity index (χ3v) is 3.90. The summed E-state index contributed by atoms with van der Waals surface area (Å²) >= 11 is 0.990. The molecule has 21 heavy (non-hydrogen) atoms. The highest BCUT2D eigenvalue weighted by atomic mass is 32.2. The predicted molar refractivity (Wildman–Crippen MR) is 85.1 cm³/mol. The van der Waals surface area contributed by atoms with Gasteiger partial charge in [0, 0.05) is 6.54 Å². The zero-order chi connectivity index (χ0) is 15.2. The van der Waals surface area contributed by atoms with Gasteiger partial charge in [-0.2, -0.15) is 0 Å². The van der Waals surface area contributed by atoms with Gasteiger partial charge in [0.25, 0.3) is 11.1 Å². The van der Waals surface area contributed by atoms with Crippen molar-refractivity contribution in [1.29, 1.82) is 0 Å². The lowest BCUT2D eigenvalue weighted by molar-refractivity contribution is -0.122.